The van der Waals surface area contributed by atoms with E-state index in [1.165, 1.54) is 17.0 Å². The molecule has 1 aliphatic rings. The fourth-order valence-corrected chi connectivity index (χ4v) is 3.92. The number of hydrogen-bond acceptors (Lipinski definition) is 3. The summed E-state index contributed by atoms with van der Waals surface area (Å²) in [7, 11) is 0.0397. The molecule has 0 aliphatic heterocycles. The molecule has 0 unspecified atom stereocenters. The number of carbonyl (C=O) groups is 1. The van der Waals surface area contributed by atoms with Crippen LogP contribution in [0.15, 0.2) is 24.3 Å². The molecule has 1 fully saturated rings. The van der Waals surface area contributed by atoms with Crippen molar-refractivity contribution < 1.29 is 17.6 Å². The van der Waals surface area contributed by atoms with E-state index in [0.717, 1.165) is 11.8 Å². The lowest BCUT2D eigenvalue weighted by Gasteiger charge is -2.22. The number of nitrogens with one attached hydrogen (secondary N) is 1. The average Bonchev–Trinajstić information content (AvgIpc) is 2.80. The first-order chi connectivity index (χ1) is 10.2. The average molecular weight is 328 g/mol. The monoisotopic (exact) mass is 328 g/mol. The van der Waals surface area contributed by atoms with Crippen molar-refractivity contribution in [2.75, 3.05) is 20.4 Å². The van der Waals surface area contributed by atoms with E-state index < -0.39 is 10.0 Å². The summed E-state index contributed by atoms with van der Waals surface area (Å²) >= 11 is 0. The summed E-state index contributed by atoms with van der Waals surface area (Å²) in [5.41, 5.74) is 0.861. The molecule has 1 saturated carbocycles. The number of amides is 1. The quantitative estimate of drug-likeness (QED) is 0.907. The second kappa shape index (κ2) is 6.34. The Morgan fingerprint density at radius 1 is 1.23 bits per heavy atom. The number of carbonyl (C=O) groups excluding carboxylic acids is 1. The van der Waals surface area contributed by atoms with Crippen LogP contribution in [0.5, 0.6) is 0 Å². The summed E-state index contributed by atoms with van der Waals surface area (Å²) in [4.78, 5) is 13.9. The molecule has 7 heteroatoms. The van der Waals surface area contributed by atoms with Crippen molar-refractivity contribution >= 4 is 15.9 Å². The highest BCUT2D eigenvalue weighted by atomic mass is 32.2. The zero-order valence-corrected chi connectivity index (χ0v) is 13.7. The Bertz CT molecular complexity index is 643. The summed E-state index contributed by atoms with van der Waals surface area (Å²) in [6.45, 7) is 0. The van der Waals surface area contributed by atoms with Gasteiger partial charge in [0.1, 0.15) is 5.82 Å². The van der Waals surface area contributed by atoms with Crippen LogP contribution >= 0.6 is 0 Å². The number of sulfonamides is 1. The molecular weight excluding hydrogens is 307 g/mol. The molecule has 2 rings (SSSR count). The molecule has 122 valence electrons. The van der Waals surface area contributed by atoms with E-state index in [9.17, 15) is 17.6 Å². The third-order valence-electron chi connectivity index (χ3n) is 4.00. The minimum Gasteiger partial charge on any atom is -0.349 e. The highest BCUT2D eigenvalue weighted by Gasteiger charge is 2.41. The predicted octanol–water partition coefficient (Wildman–Crippen LogP) is 1.33. The molecule has 0 bridgehead atoms. The van der Waals surface area contributed by atoms with Gasteiger partial charge in [-0.1, -0.05) is 12.1 Å². The van der Waals surface area contributed by atoms with Gasteiger partial charge in [-0.3, -0.25) is 4.79 Å². The first-order valence-corrected chi connectivity index (χ1v) is 9.00. The minimum absolute atomic E-state index is 0.0351. The molecule has 1 aromatic rings. The fraction of sp³-hybridized carbons (Fsp3) is 0.533. The zero-order valence-electron chi connectivity index (χ0n) is 12.9. The van der Waals surface area contributed by atoms with Gasteiger partial charge in [0.2, 0.25) is 15.9 Å². The van der Waals surface area contributed by atoms with Crippen molar-refractivity contribution in [2.24, 2.45) is 5.92 Å². The van der Waals surface area contributed by atoms with Crippen molar-refractivity contribution in [2.45, 2.75) is 24.8 Å². The van der Waals surface area contributed by atoms with Gasteiger partial charge < -0.3 is 4.90 Å². The summed E-state index contributed by atoms with van der Waals surface area (Å²) in [5.74, 6) is -0.787. The van der Waals surface area contributed by atoms with Gasteiger partial charge in [0.15, 0.2) is 0 Å². The lowest BCUT2D eigenvalue weighted by Crippen LogP contribution is -2.34. The van der Waals surface area contributed by atoms with E-state index in [-0.39, 0.29) is 29.6 Å². The van der Waals surface area contributed by atoms with Gasteiger partial charge in [0.25, 0.3) is 0 Å². The second-order valence-electron chi connectivity index (χ2n) is 6.06. The van der Waals surface area contributed by atoms with Crippen LogP contribution in [0.4, 0.5) is 4.39 Å². The molecule has 1 N–H and O–H groups in total. The normalized spacial score (nSPS) is 25.2. The Kier molecular flexibility index (Phi) is 4.87. The maximum atomic E-state index is 13.1. The second-order valence-corrected chi connectivity index (χ2v) is 7.84. The van der Waals surface area contributed by atoms with E-state index in [1.807, 2.05) is 0 Å². The molecular formula is C15H21FN2O3S. The van der Waals surface area contributed by atoms with Crippen molar-refractivity contribution in [3.63, 3.8) is 0 Å². The Labute approximate surface area is 130 Å². The number of nitrogens with zero attached hydrogens (tertiary/aromatic N) is 1. The van der Waals surface area contributed by atoms with E-state index in [0.29, 0.717) is 12.8 Å². The Balaban J connectivity index is 2.27. The van der Waals surface area contributed by atoms with Crippen LogP contribution in [0.3, 0.4) is 0 Å². The lowest BCUT2D eigenvalue weighted by molar-refractivity contribution is -0.133. The highest BCUT2D eigenvalue weighted by Crippen LogP contribution is 2.40. The Hall–Kier alpha value is -1.47. The molecule has 1 aromatic carbocycles. The Morgan fingerprint density at radius 2 is 1.82 bits per heavy atom. The number of rotatable bonds is 4. The van der Waals surface area contributed by atoms with Crippen LogP contribution < -0.4 is 4.72 Å². The van der Waals surface area contributed by atoms with E-state index >= 15 is 0 Å². The van der Waals surface area contributed by atoms with E-state index in [2.05, 4.69) is 4.72 Å². The lowest BCUT2D eigenvalue weighted by atomic mass is 9.88. The van der Waals surface area contributed by atoms with Gasteiger partial charge in [-0.2, -0.15) is 0 Å². The van der Waals surface area contributed by atoms with Gasteiger partial charge in [0, 0.05) is 26.1 Å². The number of halogens is 1. The molecule has 0 saturated heterocycles. The summed E-state index contributed by atoms with van der Waals surface area (Å²) in [6.07, 6.45) is 2.09. The minimum atomic E-state index is -3.32. The molecule has 22 heavy (non-hydrogen) atoms. The van der Waals surface area contributed by atoms with Crippen LogP contribution in [0.1, 0.15) is 24.3 Å². The molecule has 0 aromatic heterocycles. The third-order valence-corrected chi connectivity index (χ3v) is 4.76. The predicted molar refractivity (Wildman–Crippen MR) is 82.3 cm³/mol. The van der Waals surface area contributed by atoms with Gasteiger partial charge in [-0.25, -0.2) is 17.5 Å². The van der Waals surface area contributed by atoms with Gasteiger partial charge >= 0.3 is 0 Å². The van der Waals surface area contributed by atoms with Crippen LogP contribution in [-0.2, 0) is 14.8 Å². The fourth-order valence-electron chi connectivity index (χ4n) is 3.12. The summed E-state index contributed by atoms with van der Waals surface area (Å²) < 4.78 is 38.5. The van der Waals surface area contributed by atoms with Gasteiger partial charge in [-0.05, 0) is 36.5 Å². The summed E-state index contributed by atoms with van der Waals surface area (Å²) in [6, 6.07) is 5.78. The molecule has 0 radical (unpaired) electrons. The number of benzene rings is 1. The van der Waals surface area contributed by atoms with Crippen molar-refractivity contribution in [3.8, 4) is 0 Å². The Morgan fingerprint density at radius 3 is 2.32 bits per heavy atom. The van der Waals surface area contributed by atoms with Crippen LogP contribution in [0.2, 0.25) is 0 Å². The summed E-state index contributed by atoms with van der Waals surface area (Å²) in [5, 5.41) is 0. The van der Waals surface area contributed by atoms with E-state index in [1.54, 1.807) is 26.2 Å². The standard InChI is InChI=1S/C15H21FN2O3S/c1-18(2)15(19)14-9-12(17-22(3,20)21)8-13(14)10-4-6-11(16)7-5-10/h4-7,12-14,17H,8-9H2,1-3H3/t12-,13+,14-/m0/s1. The zero-order chi connectivity index (χ0) is 16.5. The SMILES string of the molecule is CN(C)C(=O)[C@H]1C[C@@H](NS(C)(=O)=O)C[C@@H]1c1ccc(F)cc1. The van der Waals surface area contributed by atoms with Crippen LogP contribution in [-0.4, -0.2) is 45.6 Å². The highest BCUT2D eigenvalue weighted by molar-refractivity contribution is 7.88. The van der Waals surface area contributed by atoms with Gasteiger partial charge in [-0.15, -0.1) is 0 Å². The maximum absolute atomic E-state index is 13.1. The van der Waals surface area contributed by atoms with Crippen LogP contribution in [0, 0.1) is 11.7 Å². The van der Waals surface area contributed by atoms with Crippen molar-refractivity contribution in [1.29, 1.82) is 0 Å². The molecule has 1 amide bonds. The van der Waals surface area contributed by atoms with Crippen LogP contribution in [0.25, 0.3) is 0 Å². The first-order valence-electron chi connectivity index (χ1n) is 7.11. The van der Waals surface area contributed by atoms with Crippen molar-refractivity contribution in [1.82, 2.24) is 9.62 Å². The molecule has 1 aliphatic carbocycles. The smallest absolute Gasteiger partial charge is 0.225 e. The molecule has 0 spiro atoms. The van der Waals surface area contributed by atoms with Gasteiger partial charge in [0.05, 0.1) is 6.26 Å². The largest absolute Gasteiger partial charge is 0.349 e. The molecule has 5 nitrogen and oxygen atoms in total. The third kappa shape index (κ3) is 4.04. The topological polar surface area (TPSA) is 66.5 Å². The van der Waals surface area contributed by atoms with E-state index in [4.69, 9.17) is 0 Å². The first kappa shape index (κ1) is 16.9. The number of hydrogen-bond donors (Lipinski definition) is 1. The molecule has 3 atom stereocenters. The molecule has 0 heterocycles. The van der Waals surface area contributed by atoms with Crippen molar-refractivity contribution in [3.05, 3.63) is 35.6 Å². The maximum Gasteiger partial charge on any atom is 0.225 e.